The minimum Gasteiger partial charge on any atom is -1.00 e. The monoisotopic (exact) mass is 516 g/mol. The molecule has 0 bridgehead atoms. The van der Waals surface area contributed by atoms with E-state index in [-0.39, 0.29) is 60.3 Å². The Kier molecular flexibility index (Phi) is 9.11. The van der Waals surface area contributed by atoms with Gasteiger partial charge in [0.15, 0.2) is 5.71 Å². The molecule has 37 heavy (non-hydrogen) atoms. The topological polar surface area (TPSA) is 178 Å². The minimum absolute atomic E-state index is 0. The first kappa shape index (κ1) is 27.5. The van der Waals surface area contributed by atoms with Crippen molar-refractivity contribution in [3.05, 3.63) is 76.4 Å². The third-order valence-electron chi connectivity index (χ3n) is 5.28. The number of hydrogen-bond donors (Lipinski definition) is 3. The van der Waals surface area contributed by atoms with Crippen LogP contribution in [0.3, 0.4) is 0 Å². The Morgan fingerprint density at radius 3 is 2.73 bits per heavy atom. The molecule has 186 valence electrons. The van der Waals surface area contributed by atoms with Gasteiger partial charge in [-0.15, -0.1) is 0 Å². The number of rotatable bonds is 9. The molecule has 1 amide bonds. The van der Waals surface area contributed by atoms with Crippen LogP contribution in [0.4, 0.5) is 21.9 Å². The van der Waals surface area contributed by atoms with Gasteiger partial charge in [-0.25, -0.2) is 19.6 Å². The van der Waals surface area contributed by atoms with E-state index in [1.54, 1.807) is 0 Å². The zero-order chi connectivity index (χ0) is 25.7. The third kappa shape index (κ3) is 6.58. The molecule has 1 aromatic heterocycles. The van der Waals surface area contributed by atoms with Crippen molar-refractivity contribution in [1.82, 2.24) is 14.9 Å². The third-order valence-corrected chi connectivity index (χ3v) is 5.28. The number of carbonyl (C=O) groups is 3. The second kappa shape index (κ2) is 12.3. The molecule has 0 radical (unpaired) electrons. The van der Waals surface area contributed by atoms with Gasteiger partial charge in [0.2, 0.25) is 0 Å². The molecule has 2 aromatic carbocycles. The van der Waals surface area contributed by atoms with Crippen LogP contribution in [0.15, 0.2) is 60.0 Å². The van der Waals surface area contributed by atoms with Crippen molar-refractivity contribution in [2.75, 3.05) is 11.9 Å². The van der Waals surface area contributed by atoms with Gasteiger partial charge in [-0.05, 0) is 18.1 Å². The van der Waals surface area contributed by atoms with Gasteiger partial charge in [0.1, 0.15) is 24.6 Å². The van der Waals surface area contributed by atoms with Crippen LogP contribution in [0.25, 0.3) is 5.69 Å². The molecule has 13 nitrogen and oxygen atoms in total. The summed E-state index contributed by atoms with van der Waals surface area (Å²) in [6, 6.07) is 10.9. The van der Waals surface area contributed by atoms with E-state index in [1.807, 2.05) is 30.3 Å². The number of aliphatic imine (C=N–C) groups is 1. The molecule has 14 heteroatoms. The molecular weight excluding hydrogens is 495 g/mol. The number of carbonyl (C=O) groups excluding carboxylic acids is 2. The van der Waals surface area contributed by atoms with Gasteiger partial charge < -0.3 is 26.7 Å². The first-order valence-electron chi connectivity index (χ1n) is 10.7. The summed E-state index contributed by atoms with van der Waals surface area (Å²) in [5, 5.41) is 26.3. The number of hydrogen-bond acceptors (Lipinski definition) is 9. The number of nitro benzene ring substituents is 1. The molecule has 1 atom stereocenters. The zero-order valence-electron chi connectivity index (χ0n) is 20.7. The molecule has 1 aliphatic rings. The number of imidazole rings is 1. The minimum atomic E-state index is -1.39. The number of amides is 1. The molecule has 3 aromatic rings. The number of aromatic nitrogens is 2. The number of aldehydes is 1. The van der Waals surface area contributed by atoms with Crippen molar-refractivity contribution in [2.24, 2.45) is 4.99 Å². The Bertz CT molecular complexity index is 1370. The van der Waals surface area contributed by atoms with Crippen LogP contribution < -0.4 is 40.2 Å². The predicted molar refractivity (Wildman–Crippen MR) is 128 cm³/mol. The Morgan fingerprint density at radius 1 is 1.30 bits per heavy atom. The molecule has 3 N–H and O–H groups in total. The van der Waals surface area contributed by atoms with Crippen LogP contribution in [-0.2, 0) is 27.4 Å². The van der Waals surface area contributed by atoms with E-state index in [4.69, 9.17) is 4.74 Å². The number of nitrogens with one attached hydrogen (secondary N) is 2. The standard InChI is InChI=1S/C23H20N6O7.Na.H/c30-11-18-21(22(31)32)27-17-8-19(20(29(34)35)9-16(17)26-18)28-10-15(25-13-28)12-36-23(33)24-7-6-14-4-2-1-3-5-14;;/h1-5,8-11,13,18,26H,6-7,12H2,(H,24,33)(H,31,32);;/q;+1;-1. The van der Waals surface area contributed by atoms with Crippen molar-refractivity contribution < 1.29 is 60.1 Å². The van der Waals surface area contributed by atoms with E-state index in [2.05, 4.69) is 20.6 Å². The summed E-state index contributed by atoms with van der Waals surface area (Å²) >= 11 is 0. The molecule has 0 aliphatic carbocycles. The number of nitrogens with zero attached hydrogens (tertiary/aromatic N) is 4. The Balaban J connectivity index is 0.00000253. The van der Waals surface area contributed by atoms with E-state index in [0.29, 0.717) is 24.9 Å². The molecule has 1 unspecified atom stereocenters. The second-order valence-electron chi connectivity index (χ2n) is 7.69. The fourth-order valence-electron chi connectivity index (χ4n) is 3.56. The van der Waals surface area contributed by atoms with E-state index in [9.17, 15) is 29.6 Å². The van der Waals surface area contributed by atoms with Crippen molar-refractivity contribution in [3.63, 3.8) is 0 Å². The molecule has 2 heterocycles. The van der Waals surface area contributed by atoms with Crippen LogP contribution in [0.5, 0.6) is 0 Å². The van der Waals surface area contributed by atoms with Crippen LogP contribution in [0.2, 0.25) is 0 Å². The van der Waals surface area contributed by atoms with Gasteiger partial charge in [0, 0.05) is 18.8 Å². The van der Waals surface area contributed by atoms with Crippen LogP contribution in [-0.4, -0.2) is 56.2 Å². The number of ether oxygens (including phenoxy) is 1. The van der Waals surface area contributed by atoms with E-state index < -0.39 is 28.7 Å². The molecule has 0 fully saturated rings. The predicted octanol–water partition coefficient (Wildman–Crippen LogP) is -0.484. The van der Waals surface area contributed by atoms with Crippen molar-refractivity contribution in [2.45, 2.75) is 19.1 Å². The van der Waals surface area contributed by atoms with E-state index >= 15 is 0 Å². The largest absolute Gasteiger partial charge is 1.00 e. The quantitative estimate of drug-likeness (QED) is 0.147. The summed E-state index contributed by atoms with van der Waals surface area (Å²) in [4.78, 5) is 53.8. The summed E-state index contributed by atoms with van der Waals surface area (Å²) in [7, 11) is 0. The number of benzene rings is 2. The van der Waals surface area contributed by atoms with Gasteiger partial charge in [-0.1, -0.05) is 30.3 Å². The molecule has 0 saturated carbocycles. The molecule has 0 spiro atoms. The van der Waals surface area contributed by atoms with Crippen LogP contribution >= 0.6 is 0 Å². The summed E-state index contributed by atoms with van der Waals surface area (Å²) in [5.74, 6) is -1.39. The summed E-state index contributed by atoms with van der Waals surface area (Å²) in [6.45, 7) is 0.212. The molecular formula is C23H21N6NaO7. The number of anilines is 1. The fourth-order valence-corrected chi connectivity index (χ4v) is 3.56. The van der Waals surface area contributed by atoms with E-state index in [1.165, 1.54) is 29.2 Å². The fraction of sp³-hybridized carbons (Fsp3) is 0.174. The summed E-state index contributed by atoms with van der Waals surface area (Å²) in [5.41, 5.74) is 0.941. The molecule has 1 aliphatic heterocycles. The Labute approximate surface area is 233 Å². The van der Waals surface area contributed by atoms with Gasteiger partial charge >= 0.3 is 41.6 Å². The van der Waals surface area contributed by atoms with Gasteiger partial charge in [-0.3, -0.25) is 14.7 Å². The number of alkyl carbamates (subject to hydrolysis) is 1. The van der Waals surface area contributed by atoms with Crippen molar-refractivity contribution in [1.29, 1.82) is 0 Å². The van der Waals surface area contributed by atoms with Crippen LogP contribution in [0.1, 0.15) is 12.7 Å². The van der Waals surface area contributed by atoms with Crippen LogP contribution in [0, 0.1) is 10.1 Å². The molecule has 4 rings (SSSR count). The Morgan fingerprint density at radius 2 is 2.05 bits per heavy atom. The number of fused-ring (bicyclic) bond motifs is 1. The maximum atomic E-state index is 12.0. The summed E-state index contributed by atoms with van der Waals surface area (Å²) < 4.78 is 6.50. The Hall–Kier alpha value is -4.07. The smallest absolute Gasteiger partial charge is 1.00 e. The normalized spacial score (nSPS) is 13.7. The number of carboxylic acids is 1. The van der Waals surface area contributed by atoms with Gasteiger partial charge in [0.05, 0.1) is 28.3 Å². The maximum absolute atomic E-state index is 12.0. The zero-order valence-corrected chi connectivity index (χ0v) is 21.7. The van der Waals surface area contributed by atoms with Crippen molar-refractivity contribution in [3.8, 4) is 5.69 Å². The summed E-state index contributed by atoms with van der Waals surface area (Å²) in [6.07, 6.45) is 3.11. The number of nitro groups is 1. The van der Waals surface area contributed by atoms with Crippen molar-refractivity contribution >= 4 is 41.1 Å². The first-order chi connectivity index (χ1) is 17.4. The SMILES string of the molecule is O=CC1Nc2cc([N+](=O)[O-])c(-n3cnc(COC(=O)NCCc4ccccc4)c3)cc2N=C1C(=O)O.[H-].[Na+]. The number of carboxylic acid groups (broad SMARTS) is 1. The first-order valence-corrected chi connectivity index (χ1v) is 10.7. The second-order valence-corrected chi connectivity index (χ2v) is 7.69. The van der Waals surface area contributed by atoms with Gasteiger partial charge in [-0.2, -0.15) is 0 Å². The van der Waals surface area contributed by atoms with Gasteiger partial charge in [0.25, 0.3) is 5.69 Å². The average Bonchev–Trinajstić information content (AvgIpc) is 3.35. The van der Waals surface area contributed by atoms with E-state index in [0.717, 1.165) is 5.56 Å². The number of aliphatic carboxylic acids is 1. The molecule has 0 saturated heterocycles. The average molecular weight is 516 g/mol. The maximum Gasteiger partial charge on any atom is 1.00 e.